The summed E-state index contributed by atoms with van der Waals surface area (Å²) in [6.07, 6.45) is 0.793. The molecule has 1 aromatic heterocycles. The van der Waals surface area contributed by atoms with E-state index in [1.165, 1.54) is 11.3 Å². The molecule has 1 heterocycles. The number of rotatable bonds is 1. The highest BCUT2D eigenvalue weighted by molar-refractivity contribution is 7.80. The highest BCUT2D eigenvalue weighted by atomic mass is 32.1. The Morgan fingerprint density at radius 1 is 1.58 bits per heavy atom. The zero-order chi connectivity index (χ0) is 8.81. The quantitative estimate of drug-likeness (QED) is 0.537. The molecule has 1 rings (SSSR count). The first-order valence-electron chi connectivity index (χ1n) is 3.45. The number of nitriles is 1. The van der Waals surface area contributed by atoms with Crippen LogP contribution < -0.4 is 0 Å². The maximum Gasteiger partial charge on any atom is 0.110 e. The molecule has 0 aromatic carbocycles. The lowest BCUT2D eigenvalue weighted by atomic mass is 10.3. The van der Waals surface area contributed by atoms with Gasteiger partial charge in [0.25, 0.3) is 0 Å². The molecule has 12 heavy (non-hydrogen) atoms. The third-order valence-corrected chi connectivity index (χ3v) is 2.24. The van der Waals surface area contributed by atoms with Gasteiger partial charge >= 0.3 is 0 Å². The average Bonchev–Trinajstić information content (AvgIpc) is 2.53. The Kier molecular flexibility index (Phi) is 3.73. The second kappa shape index (κ2) is 4.87. The molecule has 0 unspecified atom stereocenters. The lowest BCUT2D eigenvalue weighted by Crippen LogP contribution is -1.68. The molecule has 0 N–H and O–H groups in total. The van der Waals surface area contributed by atoms with Gasteiger partial charge < -0.3 is 0 Å². The zero-order valence-electron chi connectivity index (χ0n) is 6.37. The van der Waals surface area contributed by atoms with Crippen LogP contribution in [0.2, 0.25) is 0 Å². The second-order valence-corrected chi connectivity index (χ2v) is 3.45. The van der Waals surface area contributed by atoms with E-state index < -0.39 is 0 Å². The minimum absolute atomic E-state index is 0.713. The summed E-state index contributed by atoms with van der Waals surface area (Å²) in [5.74, 6) is 6.70. The molecule has 0 aliphatic rings. The minimum atomic E-state index is 0.713. The van der Waals surface area contributed by atoms with E-state index in [9.17, 15) is 0 Å². The topological polar surface area (TPSA) is 23.8 Å². The first-order chi connectivity index (χ1) is 5.86. The van der Waals surface area contributed by atoms with Crippen LogP contribution in [-0.4, -0.2) is 5.75 Å². The fourth-order valence-electron chi connectivity index (χ4n) is 0.681. The summed E-state index contributed by atoms with van der Waals surface area (Å²) >= 11 is 5.46. The van der Waals surface area contributed by atoms with Crippen molar-refractivity contribution in [1.29, 1.82) is 5.26 Å². The first kappa shape index (κ1) is 9.19. The van der Waals surface area contributed by atoms with Gasteiger partial charge in [-0.3, -0.25) is 0 Å². The van der Waals surface area contributed by atoms with Crippen molar-refractivity contribution in [3.8, 4) is 17.9 Å². The summed E-state index contributed by atoms with van der Waals surface area (Å²) in [7, 11) is 0. The van der Waals surface area contributed by atoms with Crippen molar-refractivity contribution in [1.82, 2.24) is 0 Å². The molecule has 60 valence electrons. The Hall–Kier alpha value is -0.900. The molecule has 0 amide bonds. The summed E-state index contributed by atoms with van der Waals surface area (Å²) in [5.41, 5.74) is 0.929. The predicted molar refractivity (Wildman–Crippen MR) is 54.4 cm³/mol. The van der Waals surface area contributed by atoms with Gasteiger partial charge in [0.2, 0.25) is 0 Å². The van der Waals surface area contributed by atoms with E-state index in [2.05, 4.69) is 30.5 Å². The second-order valence-electron chi connectivity index (χ2n) is 2.09. The number of thiol groups is 1. The lowest BCUT2D eigenvalue weighted by molar-refractivity contribution is 1.31. The van der Waals surface area contributed by atoms with Gasteiger partial charge in [-0.2, -0.15) is 17.9 Å². The molecule has 0 bridgehead atoms. The van der Waals surface area contributed by atoms with Gasteiger partial charge in [0.05, 0.1) is 0 Å². The molecule has 0 aliphatic carbocycles. The van der Waals surface area contributed by atoms with Crippen molar-refractivity contribution >= 4 is 24.0 Å². The Labute approximate surface area is 81.4 Å². The van der Waals surface area contributed by atoms with Crippen LogP contribution in [0.4, 0.5) is 0 Å². The highest BCUT2D eigenvalue weighted by Crippen LogP contribution is 2.11. The van der Waals surface area contributed by atoms with Crippen LogP contribution in [0.3, 0.4) is 0 Å². The molecule has 0 saturated heterocycles. The maximum absolute atomic E-state index is 8.52. The molecule has 0 spiro atoms. The monoisotopic (exact) mass is 193 g/mol. The standard InChI is InChI=1S/C9H7NS2/c10-6-9-5-8(7-12-9)3-1-2-4-11/h5,7,11H,2,4H2. The van der Waals surface area contributed by atoms with Crippen LogP contribution in [0.1, 0.15) is 16.9 Å². The molecule has 3 heteroatoms. The summed E-state index contributed by atoms with van der Waals surface area (Å²) in [4.78, 5) is 0.713. The molecule has 1 nitrogen and oxygen atoms in total. The van der Waals surface area contributed by atoms with E-state index in [-0.39, 0.29) is 0 Å². The Balaban J connectivity index is 2.67. The SMILES string of the molecule is N#Cc1cc(C#CCCS)cs1. The normalized spacial score (nSPS) is 8.33. The first-order valence-corrected chi connectivity index (χ1v) is 4.96. The van der Waals surface area contributed by atoms with Crippen LogP contribution in [0, 0.1) is 23.2 Å². The molecule has 0 saturated carbocycles. The van der Waals surface area contributed by atoms with Gasteiger partial charge in [-0.1, -0.05) is 11.8 Å². The van der Waals surface area contributed by atoms with Crippen molar-refractivity contribution < 1.29 is 0 Å². The van der Waals surface area contributed by atoms with Gasteiger partial charge in [-0.05, 0) is 6.07 Å². The van der Waals surface area contributed by atoms with Crippen LogP contribution in [-0.2, 0) is 0 Å². The van der Waals surface area contributed by atoms with Crippen LogP contribution in [0.25, 0.3) is 0 Å². The van der Waals surface area contributed by atoms with Crippen LogP contribution in [0.15, 0.2) is 11.4 Å². The van der Waals surface area contributed by atoms with Crippen LogP contribution >= 0.6 is 24.0 Å². The summed E-state index contributed by atoms with van der Waals surface area (Å²) in [5, 5.41) is 10.4. The Morgan fingerprint density at radius 2 is 2.42 bits per heavy atom. The molecule has 0 aliphatic heterocycles. The van der Waals surface area contributed by atoms with Gasteiger partial charge in [0.15, 0.2) is 0 Å². The maximum atomic E-state index is 8.52. The number of nitrogens with zero attached hydrogens (tertiary/aromatic N) is 1. The molecular weight excluding hydrogens is 186 g/mol. The van der Waals surface area contributed by atoms with Gasteiger partial charge in [0.1, 0.15) is 10.9 Å². The molecule has 0 atom stereocenters. The van der Waals surface area contributed by atoms with Gasteiger partial charge in [-0.15, -0.1) is 11.3 Å². The summed E-state index contributed by atoms with van der Waals surface area (Å²) in [6, 6.07) is 3.88. The van der Waals surface area contributed by atoms with E-state index in [0.29, 0.717) is 4.88 Å². The minimum Gasteiger partial charge on any atom is -0.192 e. The van der Waals surface area contributed by atoms with E-state index in [4.69, 9.17) is 5.26 Å². The fraction of sp³-hybridized carbons (Fsp3) is 0.222. The number of hydrogen-bond donors (Lipinski definition) is 1. The van der Waals surface area contributed by atoms with Crippen molar-refractivity contribution in [2.45, 2.75) is 6.42 Å². The zero-order valence-corrected chi connectivity index (χ0v) is 8.08. The molecule has 0 radical (unpaired) electrons. The average molecular weight is 193 g/mol. The number of hydrogen-bond acceptors (Lipinski definition) is 3. The lowest BCUT2D eigenvalue weighted by Gasteiger charge is -1.77. The molecule has 0 fully saturated rings. The Morgan fingerprint density at radius 3 is 3.00 bits per heavy atom. The summed E-state index contributed by atoms with van der Waals surface area (Å²) in [6.45, 7) is 0. The van der Waals surface area contributed by atoms with E-state index in [1.54, 1.807) is 6.07 Å². The highest BCUT2D eigenvalue weighted by Gasteiger charge is 1.93. The fourth-order valence-corrected chi connectivity index (χ4v) is 1.42. The number of thiophene rings is 1. The predicted octanol–water partition coefficient (Wildman–Crippen LogP) is 2.29. The van der Waals surface area contributed by atoms with Crippen molar-refractivity contribution in [2.75, 3.05) is 5.75 Å². The van der Waals surface area contributed by atoms with Crippen molar-refractivity contribution in [3.63, 3.8) is 0 Å². The van der Waals surface area contributed by atoms with E-state index >= 15 is 0 Å². The summed E-state index contributed by atoms with van der Waals surface area (Å²) < 4.78 is 0. The third kappa shape index (κ3) is 2.62. The van der Waals surface area contributed by atoms with Crippen molar-refractivity contribution in [2.24, 2.45) is 0 Å². The third-order valence-electron chi connectivity index (χ3n) is 1.18. The van der Waals surface area contributed by atoms with E-state index in [1.807, 2.05) is 5.38 Å². The van der Waals surface area contributed by atoms with Crippen molar-refractivity contribution in [3.05, 3.63) is 21.9 Å². The Bertz CT molecular complexity index is 349. The van der Waals surface area contributed by atoms with Gasteiger partial charge in [-0.25, -0.2) is 0 Å². The smallest absolute Gasteiger partial charge is 0.110 e. The largest absolute Gasteiger partial charge is 0.192 e. The van der Waals surface area contributed by atoms with E-state index in [0.717, 1.165) is 17.7 Å². The van der Waals surface area contributed by atoms with Crippen LogP contribution in [0.5, 0.6) is 0 Å². The van der Waals surface area contributed by atoms with Gasteiger partial charge in [0, 0.05) is 23.1 Å². The molecule has 1 aromatic rings. The molecular formula is C9H7NS2.